The summed E-state index contributed by atoms with van der Waals surface area (Å²) in [5.41, 5.74) is 7.60. The average Bonchev–Trinajstić information content (AvgIpc) is 2.61. The molecule has 0 bridgehead atoms. The van der Waals surface area contributed by atoms with Crippen LogP contribution in [0.5, 0.6) is 0 Å². The summed E-state index contributed by atoms with van der Waals surface area (Å²) >= 11 is 0. The fourth-order valence-electron chi connectivity index (χ4n) is 2.77. The lowest BCUT2D eigenvalue weighted by Gasteiger charge is -2.32. The summed E-state index contributed by atoms with van der Waals surface area (Å²) in [5, 5.41) is 3.02. The van der Waals surface area contributed by atoms with Gasteiger partial charge in [-0.1, -0.05) is 30.3 Å². The van der Waals surface area contributed by atoms with Crippen molar-refractivity contribution in [3.05, 3.63) is 53.3 Å². The lowest BCUT2D eigenvalue weighted by Crippen LogP contribution is -2.50. The third-order valence-corrected chi connectivity index (χ3v) is 4.17. The van der Waals surface area contributed by atoms with Crippen molar-refractivity contribution in [1.29, 1.82) is 0 Å². The Labute approximate surface area is 146 Å². The smallest absolute Gasteiger partial charge is 0.255 e. The molecule has 0 saturated carbocycles. The standard InChI is InChI=1S/C18H22N4O3/c1-12-14(9-20-18(19)21-12)17(23)22-15-7-8-24-11-16(15)25-10-13-5-3-2-4-6-13/h2-6,9,15-16H,7-8,10-11H2,1H3,(H,22,23)(H2,19,20,21)/t15-,16-/m1/s1. The van der Waals surface area contributed by atoms with Crippen molar-refractivity contribution < 1.29 is 14.3 Å². The Morgan fingerprint density at radius 2 is 2.20 bits per heavy atom. The van der Waals surface area contributed by atoms with Gasteiger partial charge in [-0.2, -0.15) is 0 Å². The number of hydrogen-bond acceptors (Lipinski definition) is 6. The highest BCUT2D eigenvalue weighted by molar-refractivity contribution is 5.95. The molecule has 3 N–H and O–H groups in total. The second-order valence-electron chi connectivity index (χ2n) is 6.01. The van der Waals surface area contributed by atoms with Gasteiger partial charge in [0.05, 0.1) is 30.5 Å². The maximum absolute atomic E-state index is 12.5. The summed E-state index contributed by atoms with van der Waals surface area (Å²) in [6.07, 6.45) is 1.94. The molecule has 3 rings (SSSR count). The second kappa shape index (κ2) is 8.04. The first-order valence-electron chi connectivity index (χ1n) is 8.26. The van der Waals surface area contributed by atoms with Gasteiger partial charge in [0, 0.05) is 12.8 Å². The summed E-state index contributed by atoms with van der Waals surface area (Å²) in [5.74, 6) is -0.0677. The van der Waals surface area contributed by atoms with E-state index in [2.05, 4.69) is 15.3 Å². The van der Waals surface area contributed by atoms with Crippen molar-refractivity contribution in [1.82, 2.24) is 15.3 Å². The summed E-state index contributed by atoms with van der Waals surface area (Å²) in [6, 6.07) is 9.80. The van der Waals surface area contributed by atoms with Crippen LogP contribution in [0.4, 0.5) is 5.95 Å². The molecule has 1 aromatic heterocycles. The van der Waals surface area contributed by atoms with Crippen LogP contribution in [-0.4, -0.2) is 41.2 Å². The number of aryl methyl sites for hydroxylation is 1. The summed E-state index contributed by atoms with van der Waals surface area (Å²) in [7, 11) is 0. The van der Waals surface area contributed by atoms with Crippen LogP contribution in [0.3, 0.4) is 0 Å². The van der Waals surface area contributed by atoms with Crippen molar-refractivity contribution in [2.45, 2.75) is 32.1 Å². The third kappa shape index (κ3) is 4.52. The van der Waals surface area contributed by atoms with E-state index < -0.39 is 0 Å². The van der Waals surface area contributed by atoms with E-state index in [1.165, 1.54) is 6.20 Å². The highest BCUT2D eigenvalue weighted by Gasteiger charge is 2.28. The van der Waals surface area contributed by atoms with Crippen LogP contribution in [0, 0.1) is 6.92 Å². The highest BCUT2D eigenvalue weighted by Crippen LogP contribution is 2.15. The first-order chi connectivity index (χ1) is 12.1. The van der Waals surface area contributed by atoms with Crippen LogP contribution in [0.2, 0.25) is 0 Å². The Balaban J connectivity index is 1.63. The SMILES string of the molecule is Cc1nc(N)ncc1C(=O)N[C@@H]1CCOC[C@H]1OCc1ccccc1. The van der Waals surface area contributed by atoms with Crippen LogP contribution >= 0.6 is 0 Å². The molecule has 0 aliphatic carbocycles. The molecule has 2 aromatic rings. The Morgan fingerprint density at radius 3 is 2.96 bits per heavy atom. The minimum atomic E-state index is -0.224. The third-order valence-electron chi connectivity index (χ3n) is 4.17. The number of hydrogen-bond donors (Lipinski definition) is 2. The largest absolute Gasteiger partial charge is 0.379 e. The number of carbonyl (C=O) groups excluding carboxylic acids is 1. The van der Waals surface area contributed by atoms with Crippen LogP contribution in [0.15, 0.2) is 36.5 Å². The van der Waals surface area contributed by atoms with Crippen molar-refractivity contribution in [3.8, 4) is 0 Å². The van der Waals surface area contributed by atoms with Gasteiger partial charge in [0.15, 0.2) is 0 Å². The highest BCUT2D eigenvalue weighted by atomic mass is 16.5. The number of nitrogens with zero attached hydrogens (tertiary/aromatic N) is 2. The van der Waals surface area contributed by atoms with Gasteiger partial charge in [-0.05, 0) is 18.9 Å². The van der Waals surface area contributed by atoms with E-state index in [1.54, 1.807) is 6.92 Å². The van der Waals surface area contributed by atoms with Crippen LogP contribution in [0.1, 0.15) is 28.0 Å². The minimum absolute atomic E-state index is 0.123. The molecule has 0 unspecified atom stereocenters. The molecule has 1 aliphatic heterocycles. The van der Waals surface area contributed by atoms with E-state index >= 15 is 0 Å². The Morgan fingerprint density at radius 1 is 1.40 bits per heavy atom. The average molecular weight is 342 g/mol. The van der Waals surface area contributed by atoms with Gasteiger partial charge >= 0.3 is 0 Å². The second-order valence-corrected chi connectivity index (χ2v) is 6.01. The van der Waals surface area contributed by atoms with Crippen molar-refractivity contribution >= 4 is 11.9 Å². The number of benzene rings is 1. The Hall–Kier alpha value is -2.51. The Kier molecular flexibility index (Phi) is 5.57. The first-order valence-corrected chi connectivity index (χ1v) is 8.26. The first kappa shape index (κ1) is 17.3. The molecule has 7 heteroatoms. The molecule has 1 aromatic carbocycles. The fraction of sp³-hybridized carbons (Fsp3) is 0.389. The zero-order valence-corrected chi connectivity index (χ0v) is 14.1. The Bertz CT molecular complexity index is 724. The number of anilines is 1. The molecular formula is C18H22N4O3. The van der Waals surface area contributed by atoms with E-state index in [-0.39, 0.29) is 24.0 Å². The van der Waals surface area contributed by atoms with Crippen LogP contribution in [0.25, 0.3) is 0 Å². The maximum atomic E-state index is 12.5. The van der Waals surface area contributed by atoms with Gasteiger partial charge in [0.2, 0.25) is 5.95 Å². The van der Waals surface area contributed by atoms with Crippen molar-refractivity contribution in [2.75, 3.05) is 18.9 Å². The normalized spacial score (nSPS) is 20.2. The molecule has 1 saturated heterocycles. The van der Waals surface area contributed by atoms with Gasteiger partial charge in [-0.3, -0.25) is 4.79 Å². The molecule has 0 radical (unpaired) electrons. The van der Waals surface area contributed by atoms with Gasteiger partial charge in [-0.25, -0.2) is 9.97 Å². The molecule has 1 amide bonds. The van der Waals surface area contributed by atoms with Crippen molar-refractivity contribution in [3.63, 3.8) is 0 Å². The predicted octanol–water partition coefficient (Wildman–Crippen LogP) is 1.47. The van der Waals surface area contributed by atoms with E-state index in [1.807, 2.05) is 30.3 Å². The van der Waals surface area contributed by atoms with E-state index in [9.17, 15) is 4.79 Å². The summed E-state index contributed by atoms with van der Waals surface area (Å²) < 4.78 is 11.5. The molecule has 25 heavy (non-hydrogen) atoms. The molecule has 0 spiro atoms. The number of amides is 1. The van der Waals surface area contributed by atoms with Gasteiger partial charge < -0.3 is 20.5 Å². The van der Waals surface area contributed by atoms with E-state index in [0.29, 0.717) is 37.5 Å². The van der Waals surface area contributed by atoms with Gasteiger partial charge in [0.25, 0.3) is 5.91 Å². The number of aromatic nitrogens is 2. The lowest BCUT2D eigenvalue weighted by atomic mass is 10.0. The summed E-state index contributed by atoms with van der Waals surface area (Å²) in [4.78, 5) is 20.5. The fourth-order valence-corrected chi connectivity index (χ4v) is 2.77. The number of nitrogens with one attached hydrogen (secondary N) is 1. The molecule has 2 atom stereocenters. The molecule has 132 valence electrons. The lowest BCUT2D eigenvalue weighted by molar-refractivity contribution is -0.0736. The van der Waals surface area contributed by atoms with Gasteiger partial charge in [0.1, 0.15) is 6.10 Å². The van der Waals surface area contributed by atoms with Crippen molar-refractivity contribution in [2.24, 2.45) is 0 Å². The van der Waals surface area contributed by atoms with E-state index in [4.69, 9.17) is 15.2 Å². The van der Waals surface area contributed by atoms with Gasteiger partial charge in [-0.15, -0.1) is 0 Å². The van der Waals surface area contributed by atoms with Crippen LogP contribution < -0.4 is 11.1 Å². The number of nitrogens with two attached hydrogens (primary N) is 1. The topological polar surface area (TPSA) is 99.4 Å². The molecule has 1 fully saturated rings. The molecule has 7 nitrogen and oxygen atoms in total. The molecule has 1 aliphatic rings. The zero-order chi connectivity index (χ0) is 17.6. The predicted molar refractivity (Wildman–Crippen MR) is 92.9 cm³/mol. The molecular weight excluding hydrogens is 320 g/mol. The zero-order valence-electron chi connectivity index (χ0n) is 14.1. The number of ether oxygens (including phenoxy) is 2. The van der Waals surface area contributed by atoms with E-state index in [0.717, 1.165) is 5.56 Å². The molecule has 2 heterocycles. The monoisotopic (exact) mass is 342 g/mol. The number of carbonyl (C=O) groups is 1. The minimum Gasteiger partial charge on any atom is -0.379 e. The number of rotatable bonds is 5. The quantitative estimate of drug-likeness (QED) is 0.854. The maximum Gasteiger partial charge on any atom is 0.255 e. The number of nitrogen functional groups attached to an aromatic ring is 1. The van der Waals surface area contributed by atoms with Crippen LogP contribution in [-0.2, 0) is 16.1 Å². The summed E-state index contributed by atoms with van der Waals surface area (Å²) in [6.45, 7) is 3.26.